The maximum atomic E-state index is 12.9. The van der Waals surface area contributed by atoms with E-state index < -0.39 is 10.8 Å². The van der Waals surface area contributed by atoms with Crippen molar-refractivity contribution in [3.05, 3.63) is 53.6 Å². The van der Waals surface area contributed by atoms with Crippen LogP contribution in [0.2, 0.25) is 0 Å². The molecule has 1 fully saturated rings. The summed E-state index contributed by atoms with van der Waals surface area (Å²) in [5.74, 6) is 0.235. The lowest BCUT2D eigenvalue weighted by Gasteiger charge is -2.21. The Morgan fingerprint density at radius 3 is 2.68 bits per heavy atom. The number of rotatable bonds is 4. The molecule has 1 aliphatic carbocycles. The zero-order valence-corrected chi connectivity index (χ0v) is 16.5. The van der Waals surface area contributed by atoms with Gasteiger partial charge in [-0.2, -0.15) is 0 Å². The Labute approximate surface area is 167 Å². The van der Waals surface area contributed by atoms with Crippen molar-refractivity contribution in [2.45, 2.75) is 48.3 Å². The minimum atomic E-state index is -1.47. The number of amides is 2. The maximum Gasteiger partial charge on any atom is 0.256 e. The van der Waals surface area contributed by atoms with E-state index in [1.807, 2.05) is 0 Å². The minimum absolute atomic E-state index is 0.166. The number of nitrogens with one attached hydrogen (secondary N) is 2. The van der Waals surface area contributed by atoms with Crippen LogP contribution >= 0.6 is 0 Å². The van der Waals surface area contributed by atoms with Gasteiger partial charge in [0.1, 0.15) is 0 Å². The minimum Gasteiger partial charge on any atom is -0.352 e. The van der Waals surface area contributed by atoms with E-state index in [2.05, 4.69) is 10.6 Å². The predicted octanol–water partition coefficient (Wildman–Crippen LogP) is 4.12. The molecule has 28 heavy (non-hydrogen) atoms. The normalized spacial score (nSPS) is 19.1. The Kier molecular flexibility index (Phi) is 5.57. The molecule has 4 rings (SSSR count). The van der Waals surface area contributed by atoms with E-state index in [0.717, 1.165) is 6.42 Å². The molecule has 2 N–H and O–H groups in total. The van der Waals surface area contributed by atoms with E-state index >= 15 is 0 Å². The molecule has 0 aromatic heterocycles. The summed E-state index contributed by atoms with van der Waals surface area (Å²) in [6, 6.07) is 11.8. The van der Waals surface area contributed by atoms with Gasteiger partial charge in [-0.05, 0) is 42.7 Å². The van der Waals surface area contributed by atoms with E-state index in [4.69, 9.17) is 0 Å². The Hall–Kier alpha value is -2.47. The number of carbonyl (C=O) groups excluding carboxylic acids is 2. The number of hydrogen-bond donors (Lipinski definition) is 2. The Morgan fingerprint density at radius 1 is 1.07 bits per heavy atom. The standard InChI is InChI=1S/C22H24N2O3S/c25-21(23-13-12-15-6-2-1-3-7-15)16-10-11-20-18(14-16)24-22(26)17-8-4-5-9-19(17)28(20)27/h4-5,8-11,14-15H,1-3,6-7,12-13H2,(H,23,25)(H,24,26). The van der Waals surface area contributed by atoms with E-state index in [1.54, 1.807) is 42.5 Å². The number of anilines is 1. The maximum absolute atomic E-state index is 12.9. The van der Waals surface area contributed by atoms with Crippen LogP contribution in [0.25, 0.3) is 0 Å². The average Bonchev–Trinajstić information content (AvgIpc) is 2.83. The first-order valence-electron chi connectivity index (χ1n) is 9.88. The fourth-order valence-corrected chi connectivity index (χ4v) is 5.32. The fraction of sp³-hybridized carbons (Fsp3) is 0.364. The summed E-state index contributed by atoms with van der Waals surface area (Å²) >= 11 is 0. The molecule has 2 aromatic rings. The SMILES string of the molecule is O=C(NCCC1CCCCC1)c1ccc2c(c1)NC(=O)c1ccccc1S2=O. The van der Waals surface area contributed by atoms with E-state index in [9.17, 15) is 13.8 Å². The smallest absolute Gasteiger partial charge is 0.256 e. The molecule has 5 nitrogen and oxygen atoms in total. The summed E-state index contributed by atoms with van der Waals surface area (Å²) in [6.07, 6.45) is 7.44. The van der Waals surface area contributed by atoms with Crippen molar-refractivity contribution >= 4 is 28.3 Å². The molecule has 2 aromatic carbocycles. The molecule has 1 aliphatic heterocycles. The van der Waals surface area contributed by atoms with E-state index in [0.29, 0.717) is 39.1 Å². The molecule has 0 bridgehead atoms. The molecule has 1 atom stereocenters. The first-order chi connectivity index (χ1) is 13.6. The first kappa shape index (κ1) is 18.9. The highest BCUT2D eigenvalue weighted by Gasteiger charge is 2.25. The van der Waals surface area contributed by atoms with Crippen LogP contribution < -0.4 is 10.6 Å². The van der Waals surface area contributed by atoms with Crippen molar-refractivity contribution < 1.29 is 13.8 Å². The number of carbonyl (C=O) groups is 2. The molecule has 1 heterocycles. The summed E-state index contributed by atoms with van der Waals surface area (Å²) in [5.41, 5.74) is 1.29. The Morgan fingerprint density at radius 2 is 1.86 bits per heavy atom. The van der Waals surface area contributed by atoms with Crippen molar-refractivity contribution in [2.24, 2.45) is 5.92 Å². The summed E-state index contributed by atoms with van der Waals surface area (Å²) in [6.45, 7) is 0.657. The van der Waals surface area contributed by atoms with Crippen molar-refractivity contribution in [3.63, 3.8) is 0 Å². The van der Waals surface area contributed by atoms with Gasteiger partial charge in [0, 0.05) is 12.1 Å². The van der Waals surface area contributed by atoms with Gasteiger partial charge in [0.2, 0.25) is 0 Å². The van der Waals surface area contributed by atoms with Crippen LogP contribution in [-0.4, -0.2) is 22.6 Å². The first-order valence-corrected chi connectivity index (χ1v) is 11.0. The molecule has 0 spiro atoms. The predicted molar refractivity (Wildman–Crippen MR) is 109 cm³/mol. The summed E-state index contributed by atoms with van der Waals surface area (Å²) in [7, 11) is -1.47. The second-order valence-electron chi connectivity index (χ2n) is 7.48. The van der Waals surface area contributed by atoms with E-state index in [-0.39, 0.29) is 11.8 Å². The van der Waals surface area contributed by atoms with Crippen LogP contribution in [0.1, 0.15) is 59.2 Å². The number of hydrogen-bond acceptors (Lipinski definition) is 3. The van der Waals surface area contributed by atoms with Crippen molar-refractivity contribution in [1.82, 2.24) is 5.32 Å². The average molecular weight is 397 g/mol. The van der Waals surface area contributed by atoms with Gasteiger partial charge in [0.15, 0.2) is 0 Å². The third-order valence-corrected chi connectivity index (χ3v) is 7.09. The molecule has 2 amide bonds. The summed E-state index contributed by atoms with van der Waals surface area (Å²) in [5, 5.41) is 5.78. The van der Waals surface area contributed by atoms with Gasteiger partial charge in [-0.1, -0.05) is 44.2 Å². The third kappa shape index (κ3) is 3.87. The molecule has 2 aliphatic rings. The van der Waals surface area contributed by atoms with E-state index in [1.165, 1.54) is 32.1 Å². The fourth-order valence-electron chi connectivity index (χ4n) is 4.02. The van der Waals surface area contributed by atoms with Crippen LogP contribution in [0.3, 0.4) is 0 Å². The second-order valence-corrected chi connectivity index (χ2v) is 8.90. The second kappa shape index (κ2) is 8.27. The quantitative estimate of drug-likeness (QED) is 0.816. The van der Waals surface area contributed by atoms with Gasteiger partial charge in [-0.25, -0.2) is 4.21 Å². The summed E-state index contributed by atoms with van der Waals surface area (Å²) < 4.78 is 12.9. The van der Waals surface area contributed by atoms with Crippen LogP contribution in [0, 0.1) is 5.92 Å². The van der Waals surface area contributed by atoms with Crippen LogP contribution in [0.4, 0.5) is 5.69 Å². The van der Waals surface area contributed by atoms with Crippen molar-refractivity contribution in [2.75, 3.05) is 11.9 Å². The number of benzene rings is 2. The van der Waals surface area contributed by atoms with Crippen molar-refractivity contribution in [1.29, 1.82) is 0 Å². The highest BCUT2D eigenvalue weighted by Crippen LogP contribution is 2.31. The Balaban J connectivity index is 1.48. The van der Waals surface area contributed by atoms with Crippen molar-refractivity contribution in [3.8, 4) is 0 Å². The molecule has 146 valence electrons. The van der Waals surface area contributed by atoms with Gasteiger partial charge >= 0.3 is 0 Å². The highest BCUT2D eigenvalue weighted by atomic mass is 32.2. The van der Waals surface area contributed by atoms with Gasteiger partial charge in [-0.15, -0.1) is 0 Å². The van der Waals surface area contributed by atoms with Gasteiger partial charge in [0.25, 0.3) is 11.8 Å². The lowest BCUT2D eigenvalue weighted by Crippen LogP contribution is -2.26. The summed E-state index contributed by atoms with van der Waals surface area (Å²) in [4.78, 5) is 26.0. The number of fused-ring (bicyclic) bond motifs is 2. The van der Waals surface area contributed by atoms with Crippen LogP contribution in [0.15, 0.2) is 52.3 Å². The molecule has 1 unspecified atom stereocenters. The molecular weight excluding hydrogens is 372 g/mol. The Bertz CT molecular complexity index is 935. The van der Waals surface area contributed by atoms with Gasteiger partial charge in [0.05, 0.1) is 31.8 Å². The van der Waals surface area contributed by atoms with Crippen LogP contribution in [0.5, 0.6) is 0 Å². The van der Waals surface area contributed by atoms with Gasteiger partial charge < -0.3 is 10.6 Å². The monoisotopic (exact) mass is 396 g/mol. The molecule has 0 radical (unpaired) electrons. The highest BCUT2D eigenvalue weighted by molar-refractivity contribution is 7.85. The zero-order chi connectivity index (χ0) is 19.5. The molecule has 1 saturated carbocycles. The molecule has 0 saturated heterocycles. The molecular formula is C22H24N2O3S. The lowest BCUT2D eigenvalue weighted by molar-refractivity contribution is 0.0948. The van der Waals surface area contributed by atoms with Gasteiger partial charge in [-0.3, -0.25) is 9.59 Å². The largest absolute Gasteiger partial charge is 0.352 e. The third-order valence-electron chi connectivity index (χ3n) is 5.58. The molecule has 6 heteroatoms. The van der Waals surface area contributed by atoms with Crippen LogP contribution in [-0.2, 0) is 10.8 Å². The topological polar surface area (TPSA) is 75.3 Å². The zero-order valence-electron chi connectivity index (χ0n) is 15.7. The lowest BCUT2D eigenvalue weighted by atomic mass is 9.87.